The number of carbonyl (C=O) groups is 1. The molecule has 1 saturated heterocycles. The van der Waals surface area contributed by atoms with Crippen molar-refractivity contribution in [2.75, 3.05) is 24.5 Å². The van der Waals surface area contributed by atoms with Crippen LogP contribution < -0.4 is 15.6 Å². The largest absolute Gasteiger partial charge is 0.477 e. The van der Waals surface area contributed by atoms with Crippen LogP contribution in [-0.4, -0.2) is 41.7 Å². The maximum Gasteiger partial charge on any atom is 0.343 e. The predicted molar refractivity (Wildman–Crippen MR) is 81.2 cm³/mol. The Hall–Kier alpha value is -2.34. The van der Waals surface area contributed by atoms with Gasteiger partial charge in [0.05, 0.1) is 5.52 Å². The summed E-state index contributed by atoms with van der Waals surface area (Å²) < 4.78 is 0. The average molecular weight is 287 g/mol. The first-order chi connectivity index (χ1) is 10.1. The van der Waals surface area contributed by atoms with Gasteiger partial charge in [0, 0.05) is 31.1 Å². The third-order valence-corrected chi connectivity index (χ3v) is 3.79. The second-order valence-corrected chi connectivity index (χ2v) is 5.33. The van der Waals surface area contributed by atoms with Gasteiger partial charge in [0.1, 0.15) is 11.4 Å². The van der Waals surface area contributed by atoms with Crippen molar-refractivity contribution < 1.29 is 9.90 Å². The summed E-state index contributed by atoms with van der Waals surface area (Å²) in [5.41, 5.74) is 0.0505. The van der Waals surface area contributed by atoms with E-state index in [1.54, 1.807) is 18.2 Å². The first kappa shape index (κ1) is 13.6. The fraction of sp³-hybridized carbons (Fsp3) is 0.333. The molecule has 2 aromatic rings. The second-order valence-electron chi connectivity index (χ2n) is 5.33. The molecular formula is C15H17N3O3. The van der Waals surface area contributed by atoms with Crippen molar-refractivity contribution in [3.63, 3.8) is 0 Å². The van der Waals surface area contributed by atoms with Crippen LogP contribution in [0.5, 0.6) is 0 Å². The van der Waals surface area contributed by atoms with Gasteiger partial charge in [0.2, 0.25) is 5.43 Å². The highest BCUT2D eigenvalue weighted by molar-refractivity contribution is 5.98. The highest BCUT2D eigenvalue weighted by Crippen LogP contribution is 2.20. The van der Waals surface area contributed by atoms with Crippen LogP contribution in [0.25, 0.3) is 10.9 Å². The topological polar surface area (TPSA) is 85.4 Å². The minimum absolute atomic E-state index is 0.178. The smallest absolute Gasteiger partial charge is 0.343 e. The summed E-state index contributed by atoms with van der Waals surface area (Å²) >= 11 is 0. The standard InChI is InChI=1S/C15H17N3O3/c1-9-8-18(7-6-16-9)14-12(15(20)21)13(19)10-4-2-3-5-11(10)17-14/h2-5,9,16H,6-8H2,1H3,(H,17,19)(H,20,21). The van der Waals surface area contributed by atoms with E-state index in [-0.39, 0.29) is 11.6 Å². The van der Waals surface area contributed by atoms with E-state index >= 15 is 0 Å². The number of carboxylic acids is 1. The highest BCUT2D eigenvalue weighted by Gasteiger charge is 2.25. The van der Waals surface area contributed by atoms with E-state index in [4.69, 9.17) is 0 Å². The summed E-state index contributed by atoms with van der Waals surface area (Å²) in [6, 6.07) is 7.23. The summed E-state index contributed by atoms with van der Waals surface area (Å²) in [5, 5.41) is 13.1. The summed E-state index contributed by atoms with van der Waals surface area (Å²) in [7, 11) is 0. The number of nitrogens with one attached hydrogen (secondary N) is 2. The molecule has 3 N–H and O–H groups in total. The summed E-state index contributed by atoms with van der Waals surface area (Å²) in [6.45, 7) is 4.12. The van der Waals surface area contributed by atoms with Crippen molar-refractivity contribution in [1.29, 1.82) is 0 Å². The zero-order valence-electron chi connectivity index (χ0n) is 11.7. The highest BCUT2D eigenvalue weighted by atomic mass is 16.4. The number of aromatic amines is 1. The van der Waals surface area contributed by atoms with E-state index in [1.165, 1.54) is 0 Å². The van der Waals surface area contributed by atoms with Crippen molar-refractivity contribution in [2.45, 2.75) is 13.0 Å². The quantitative estimate of drug-likeness (QED) is 0.768. The Labute approximate surface area is 121 Å². The average Bonchev–Trinajstić information content (AvgIpc) is 2.46. The number of para-hydroxylation sites is 1. The number of aromatic nitrogens is 1. The van der Waals surface area contributed by atoms with E-state index < -0.39 is 11.4 Å². The molecule has 6 heteroatoms. The first-order valence-electron chi connectivity index (χ1n) is 6.94. The molecule has 0 amide bonds. The van der Waals surface area contributed by atoms with Crippen molar-refractivity contribution in [2.24, 2.45) is 0 Å². The van der Waals surface area contributed by atoms with E-state index in [9.17, 15) is 14.7 Å². The van der Waals surface area contributed by atoms with Gasteiger partial charge < -0.3 is 20.3 Å². The SMILES string of the molecule is CC1CN(c2[nH]c3ccccc3c(=O)c2C(=O)O)CCN1. The van der Waals surface area contributed by atoms with Gasteiger partial charge in [-0.1, -0.05) is 12.1 Å². The Balaban J connectivity index is 2.23. The molecule has 1 unspecified atom stereocenters. The monoisotopic (exact) mass is 287 g/mol. The van der Waals surface area contributed by atoms with Crippen LogP contribution in [0.4, 0.5) is 5.82 Å². The lowest BCUT2D eigenvalue weighted by Gasteiger charge is -2.34. The third-order valence-electron chi connectivity index (χ3n) is 3.79. The molecule has 1 aromatic heterocycles. The third kappa shape index (κ3) is 2.38. The predicted octanol–water partition coefficient (Wildman–Crippen LogP) is 1.02. The number of rotatable bonds is 2. The Morgan fingerprint density at radius 3 is 2.86 bits per heavy atom. The molecule has 0 spiro atoms. The number of aromatic carboxylic acids is 1. The second kappa shape index (κ2) is 5.21. The van der Waals surface area contributed by atoms with Crippen LogP contribution in [0.15, 0.2) is 29.1 Å². The van der Waals surface area contributed by atoms with E-state index in [2.05, 4.69) is 10.3 Å². The van der Waals surface area contributed by atoms with Crippen LogP contribution >= 0.6 is 0 Å². The molecule has 1 aliphatic rings. The molecule has 0 bridgehead atoms. The lowest BCUT2D eigenvalue weighted by atomic mass is 10.1. The maximum atomic E-state index is 12.5. The van der Waals surface area contributed by atoms with Crippen molar-refractivity contribution >= 4 is 22.7 Å². The number of fused-ring (bicyclic) bond motifs is 1. The molecule has 0 saturated carbocycles. The van der Waals surface area contributed by atoms with E-state index in [1.807, 2.05) is 17.9 Å². The molecule has 0 aliphatic carbocycles. The zero-order chi connectivity index (χ0) is 15.0. The number of benzene rings is 1. The molecular weight excluding hydrogens is 270 g/mol. The van der Waals surface area contributed by atoms with Gasteiger partial charge in [-0.25, -0.2) is 4.79 Å². The van der Waals surface area contributed by atoms with Crippen LogP contribution in [0.1, 0.15) is 17.3 Å². The van der Waals surface area contributed by atoms with Crippen molar-refractivity contribution in [3.05, 3.63) is 40.1 Å². The fourth-order valence-electron chi connectivity index (χ4n) is 2.79. The molecule has 1 fully saturated rings. The van der Waals surface area contributed by atoms with Gasteiger partial charge in [-0.2, -0.15) is 0 Å². The Morgan fingerprint density at radius 1 is 1.38 bits per heavy atom. The number of anilines is 1. The van der Waals surface area contributed by atoms with Gasteiger partial charge >= 0.3 is 5.97 Å². The van der Waals surface area contributed by atoms with E-state index in [0.717, 1.165) is 6.54 Å². The summed E-state index contributed by atoms with van der Waals surface area (Å²) in [6.07, 6.45) is 0. The normalized spacial score (nSPS) is 18.9. The number of H-pyrrole nitrogens is 1. The van der Waals surface area contributed by atoms with E-state index in [0.29, 0.717) is 29.8 Å². The lowest BCUT2D eigenvalue weighted by molar-refractivity contribution is 0.0696. The number of pyridine rings is 1. The van der Waals surface area contributed by atoms with Gasteiger partial charge in [-0.05, 0) is 19.1 Å². The van der Waals surface area contributed by atoms with Crippen molar-refractivity contribution in [3.8, 4) is 0 Å². The van der Waals surface area contributed by atoms with Gasteiger partial charge in [0.15, 0.2) is 0 Å². The van der Waals surface area contributed by atoms with Crippen LogP contribution in [0.3, 0.4) is 0 Å². The van der Waals surface area contributed by atoms with Gasteiger partial charge in [-0.3, -0.25) is 4.79 Å². The lowest BCUT2D eigenvalue weighted by Crippen LogP contribution is -2.50. The molecule has 1 aliphatic heterocycles. The fourth-order valence-corrected chi connectivity index (χ4v) is 2.79. The Morgan fingerprint density at radius 2 is 2.14 bits per heavy atom. The summed E-state index contributed by atoms with van der Waals surface area (Å²) in [5.74, 6) is -0.789. The number of carboxylic acid groups (broad SMARTS) is 1. The summed E-state index contributed by atoms with van der Waals surface area (Å²) in [4.78, 5) is 29.1. The first-order valence-corrected chi connectivity index (χ1v) is 6.94. The zero-order valence-corrected chi connectivity index (χ0v) is 11.7. The maximum absolute atomic E-state index is 12.5. The van der Waals surface area contributed by atoms with Gasteiger partial charge in [-0.15, -0.1) is 0 Å². The molecule has 21 heavy (non-hydrogen) atoms. The van der Waals surface area contributed by atoms with Crippen molar-refractivity contribution in [1.82, 2.24) is 10.3 Å². The van der Waals surface area contributed by atoms with Crippen LogP contribution in [-0.2, 0) is 0 Å². The minimum Gasteiger partial charge on any atom is -0.477 e. The molecule has 1 aromatic carbocycles. The molecule has 1 atom stereocenters. The van der Waals surface area contributed by atoms with Gasteiger partial charge in [0.25, 0.3) is 0 Å². The molecule has 110 valence electrons. The number of nitrogens with zero attached hydrogens (tertiary/aromatic N) is 1. The minimum atomic E-state index is -1.19. The number of hydrogen-bond acceptors (Lipinski definition) is 4. The van der Waals surface area contributed by atoms with Crippen LogP contribution in [0, 0.1) is 0 Å². The molecule has 0 radical (unpaired) electrons. The molecule has 2 heterocycles. The number of piperazine rings is 1. The number of hydrogen-bond donors (Lipinski definition) is 3. The molecule has 3 rings (SSSR count). The van der Waals surface area contributed by atoms with Crippen LogP contribution in [0.2, 0.25) is 0 Å². The Bertz CT molecular complexity index is 753. The molecule has 6 nitrogen and oxygen atoms in total. The Kier molecular flexibility index (Phi) is 3.39.